The Bertz CT molecular complexity index is 619. The van der Waals surface area contributed by atoms with Crippen molar-refractivity contribution in [2.45, 2.75) is 33.2 Å². The zero-order valence-corrected chi connectivity index (χ0v) is 13.7. The van der Waals surface area contributed by atoms with Gasteiger partial charge in [-0.3, -0.25) is 4.79 Å². The van der Waals surface area contributed by atoms with Crippen LogP contribution in [0.1, 0.15) is 37.6 Å². The van der Waals surface area contributed by atoms with Crippen LogP contribution in [-0.2, 0) is 4.79 Å². The average molecular weight is 322 g/mol. The molecular formula is C17H20ClNO3. The van der Waals surface area contributed by atoms with Gasteiger partial charge in [-0.25, -0.2) is 4.79 Å². The number of carboxylic acid groups (broad SMARTS) is 1. The number of carbonyl (C=O) groups is 2. The molecule has 0 aromatic heterocycles. The number of halogens is 1. The lowest BCUT2D eigenvalue weighted by Crippen LogP contribution is -2.37. The number of rotatable bonds is 4. The van der Waals surface area contributed by atoms with Gasteiger partial charge < -0.3 is 10.0 Å². The molecule has 0 saturated carbocycles. The summed E-state index contributed by atoms with van der Waals surface area (Å²) >= 11 is 5.82. The van der Waals surface area contributed by atoms with Crippen molar-refractivity contribution < 1.29 is 14.7 Å². The summed E-state index contributed by atoms with van der Waals surface area (Å²) in [5, 5.41) is 9.82. The second-order valence-corrected chi connectivity index (χ2v) is 6.93. The van der Waals surface area contributed by atoms with E-state index in [9.17, 15) is 14.7 Å². The van der Waals surface area contributed by atoms with Gasteiger partial charge in [0.1, 0.15) is 6.04 Å². The van der Waals surface area contributed by atoms with Gasteiger partial charge in [0, 0.05) is 28.9 Å². The first kappa shape index (κ1) is 16.6. The molecular weight excluding hydrogens is 302 g/mol. The zero-order chi connectivity index (χ0) is 16.5. The third-order valence-electron chi connectivity index (χ3n) is 3.88. The van der Waals surface area contributed by atoms with Crippen LogP contribution in [0.2, 0.25) is 5.02 Å². The molecule has 0 bridgehead atoms. The quantitative estimate of drug-likeness (QED) is 0.680. The monoisotopic (exact) mass is 321 g/mol. The van der Waals surface area contributed by atoms with E-state index in [0.29, 0.717) is 23.6 Å². The molecule has 5 heteroatoms. The van der Waals surface area contributed by atoms with Crippen molar-refractivity contribution >= 4 is 23.4 Å². The largest absolute Gasteiger partial charge is 0.480 e. The predicted molar refractivity (Wildman–Crippen MR) is 86.1 cm³/mol. The Kier molecular flexibility index (Phi) is 4.61. The van der Waals surface area contributed by atoms with E-state index in [1.807, 2.05) is 0 Å². The summed E-state index contributed by atoms with van der Waals surface area (Å²) < 4.78 is 0. The number of allylic oxidation sites excluding steroid dienone is 2. The molecule has 0 amide bonds. The van der Waals surface area contributed by atoms with Crippen molar-refractivity contribution in [2.75, 3.05) is 6.54 Å². The number of hydrogen-bond donors (Lipinski definition) is 1. The molecule has 2 rings (SSSR count). The average Bonchev–Trinajstić information content (AvgIpc) is 2.73. The first-order valence-corrected chi connectivity index (χ1v) is 7.57. The lowest BCUT2D eigenvalue weighted by molar-refractivity contribution is -0.141. The van der Waals surface area contributed by atoms with Crippen LogP contribution >= 0.6 is 11.6 Å². The van der Waals surface area contributed by atoms with Crippen molar-refractivity contribution in [2.24, 2.45) is 5.41 Å². The van der Waals surface area contributed by atoms with Gasteiger partial charge in [-0.2, -0.15) is 0 Å². The van der Waals surface area contributed by atoms with Gasteiger partial charge in [0.15, 0.2) is 5.78 Å². The fourth-order valence-electron chi connectivity index (χ4n) is 2.71. The molecule has 4 nitrogen and oxygen atoms in total. The second-order valence-electron chi connectivity index (χ2n) is 6.49. The minimum absolute atomic E-state index is 0.0458. The van der Waals surface area contributed by atoms with Gasteiger partial charge >= 0.3 is 5.97 Å². The van der Waals surface area contributed by atoms with E-state index in [4.69, 9.17) is 11.6 Å². The van der Waals surface area contributed by atoms with E-state index in [-0.39, 0.29) is 11.2 Å². The molecule has 118 valence electrons. The molecule has 1 saturated heterocycles. The highest BCUT2D eigenvalue weighted by Gasteiger charge is 2.37. The molecule has 1 N–H and O–H groups in total. The van der Waals surface area contributed by atoms with E-state index >= 15 is 0 Å². The smallest absolute Gasteiger partial charge is 0.326 e. The van der Waals surface area contributed by atoms with Crippen molar-refractivity contribution in [1.82, 2.24) is 4.90 Å². The maximum Gasteiger partial charge on any atom is 0.326 e. The molecule has 1 aromatic rings. The number of aliphatic carboxylic acids is 1. The molecule has 1 aromatic carbocycles. The van der Waals surface area contributed by atoms with Crippen LogP contribution in [0.25, 0.3) is 0 Å². The maximum absolute atomic E-state index is 12.4. The van der Waals surface area contributed by atoms with Crippen LogP contribution in [0, 0.1) is 5.41 Å². The minimum atomic E-state index is -0.887. The molecule has 1 atom stereocenters. The number of ketones is 1. The fraction of sp³-hybridized carbons (Fsp3) is 0.412. The molecule has 1 heterocycles. The summed E-state index contributed by atoms with van der Waals surface area (Å²) in [5.74, 6) is -1.02. The van der Waals surface area contributed by atoms with Crippen molar-refractivity contribution in [3.63, 3.8) is 0 Å². The van der Waals surface area contributed by atoms with Gasteiger partial charge in [-0.15, -0.1) is 0 Å². The summed E-state index contributed by atoms with van der Waals surface area (Å²) in [7, 11) is 0. The summed E-state index contributed by atoms with van der Waals surface area (Å²) in [6.45, 7) is 6.41. The summed E-state index contributed by atoms with van der Waals surface area (Å²) in [6, 6.07) is 6.04. The molecule has 0 radical (unpaired) electrons. The third-order valence-corrected chi connectivity index (χ3v) is 4.13. The molecule has 0 aliphatic carbocycles. The first-order valence-electron chi connectivity index (χ1n) is 7.19. The van der Waals surface area contributed by atoms with Crippen LogP contribution < -0.4 is 0 Å². The first-order chi connectivity index (χ1) is 10.2. The molecule has 1 fully saturated rings. The molecule has 0 spiro atoms. The summed E-state index contributed by atoms with van der Waals surface area (Å²) in [5.41, 5.74) is 1.28. The summed E-state index contributed by atoms with van der Waals surface area (Å²) in [4.78, 5) is 25.4. The van der Waals surface area contributed by atoms with Crippen LogP contribution in [0.4, 0.5) is 0 Å². The van der Waals surface area contributed by atoms with E-state index in [0.717, 1.165) is 5.70 Å². The lowest BCUT2D eigenvalue weighted by atomic mass is 9.92. The van der Waals surface area contributed by atoms with Gasteiger partial charge in [0.25, 0.3) is 0 Å². The lowest BCUT2D eigenvalue weighted by Gasteiger charge is -2.26. The Morgan fingerprint density at radius 2 is 1.91 bits per heavy atom. The Hall–Kier alpha value is -1.81. The van der Waals surface area contributed by atoms with Crippen LogP contribution in [0.15, 0.2) is 36.0 Å². The Labute approximate surface area is 135 Å². The SMILES string of the molecule is CC(C(=O)O)N1CC(C)(C)C/C1=C\C(=O)c1ccc(Cl)cc1. The number of carboxylic acids is 1. The predicted octanol–water partition coefficient (Wildman–Crippen LogP) is 3.61. The number of nitrogens with zero attached hydrogens (tertiary/aromatic N) is 1. The second kappa shape index (κ2) is 6.13. The van der Waals surface area contributed by atoms with Gasteiger partial charge in [-0.1, -0.05) is 25.4 Å². The highest BCUT2D eigenvalue weighted by atomic mass is 35.5. The van der Waals surface area contributed by atoms with E-state index in [1.54, 1.807) is 42.2 Å². The zero-order valence-electron chi connectivity index (χ0n) is 13.0. The number of likely N-dealkylation sites (tertiary alicyclic amines) is 1. The standard InChI is InChI=1S/C17H20ClNO3/c1-11(16(21)22)19-10-17(2,3)9-14(19)8-15(20)12-4-6-13(18)7-5-12/h4-8,11H,9-10H2,1-3H3,(H,21,22)/b14-8+. The van der Waals surface area contributed by atoms with Gasteiger partial charge in [-0.05, 0) is 43.0 Å². The number of carbonyl (C=O) groups excluding carboxylic acids is 1. The third kappa shape index (κ3) is 3.69. The van der Waals surface area contributed by atoms with E-state index < -0.39 is 12.0 Å². The summed E-state index contributed by atoms with van der Waals surface area (Å²) in [6.07, 6.45) is 2.24. The fourth-order valence-corrected chi connectivity index (χ4v) is 2.84. The van der Waals surface area contributed by atoms with E-state index in [1.165, 1.54) is 0 Å². The van der Waals surface area contributed by atoms with Crippen LogP contribution in [0.3, 0.4) is 0 Å². The molecule has 1 aliphatic heterocycles. The van der Waals surface area contributed by atoms with Crippen molar-refractivity contribution in [3.05, 3.63) is 46.6 Å². The molecule has 1 aliphatic rings. The molecule has 1 unspecified atom stereocenters. The Morgan fingerprint density at radius 3 is 2.45 bits per heavy atom. The highest BCUT2D eigenvalue weighted by Crippen LogP contribution is 2.37. The Morgan fingerprint density at radius 1 is 1.32 bits per heavy atom. The van der Waals surface area contributed by atoms with Crippen LogP contribution in [-0.4, -0.2) is 34.3 Å². The van der Waals surface area contributed by atoms with Crippen LogP contribution in [0.5, 0.6) is 0 Å². The van der Waals surface area contributed by atoms with E-state index in [2.05, 4.69) is 13.8 Å². The van der Waals surface area contributed by atoms with Crippen molar-refractivity contribution in [3.8, 4) is 0 Å². The topological polar surface area (TPSA) is 57.6 Å². The normalized spacial score (nSPS) is 20.2. The maximum atomic E-state index is 12.4. The highest BCUT2D eigenvalue weighted by molar-refractivity contribution is 6.30. The van der Waals surface area contributed by atoms with Crippen molar-refractivity contribution in [1.29, 1.82) is 0 Å². The molecule has 22 heavy (non-hydrogen) atoms. The minimum Gasteiger partial charge on any atom is -0.480 e. The Balaban J connectivity index is 2.28. The number of benzene rings is 1. The number of hydrogen-bond acceptors (Lipinski definition) is 3. The van der Waals surface area contributed by atoms with Gasteiger partial charge in [0.2, 0.25) is 0 Å². The van der Waals surface area contributed by atoms with Gasteiger partial charge in [0.05, 0.1) is 0 Å².